The molecule has 2 heterocycles. The van der Waals surface area contributed by atoms with E-state index in [-0.39, 0.29) is 0 Å². The van der Waals surface area contributed by atoms with Gasteiger partial charge in [0.05, 0.1) is 0 Å². The topological polar surface area (TPSA) is 3.24 Å². The number of aryl methyl sites for hydroxylation is 1. The molecule has 0 N–H and O–H groups in total. The van der Waals surface area contributed by atoms with Crippen molar-refractivity contribution in [3.05, 3.63) is 34.9 Å². The highest BCUT2D eigenvalue weighted by molar-refractivity contribution is 5.43. The lowest BCUT2D eigenvalue weighted by atomic mass is 9.49. The van der Waals surface area contributed by atoms with E-state index in [2.05, 4.69) is 50.8 Å². The lowest BCUT2D eigenvalue weighted by Crippen LogP contribution is -2.66. The molecule has 108 valence electrons. The van der Waals surface area contributed by atoms with Crippen molar-refractivity contribution in [3.8, 4) is 0 Å². The highest BCUT2D eigenvalue weighted by Crippen LogP contribution is 2.58. The van der Waals surface area contributed by atoms with Crippen LogP contribution in [0, 0.1) is 18.3 Å². The fourth-order valence-electron chi connectivity index (χ4n) is 5.76. The number of hydrogen-bond donors (Lipinski definition) is 0. The Balaban J connectivity index is 1.93. The molecule has 0 amide bonds. The third-order valence-corrected chi connectivity index (χ3v) is 6.65. The molecule has 3 aliphatic rings. The van der Waals surface area contributed by atoms with Gasteiger partial charge in [0, 0.05) is 6.04 Å². The van der Waals surface area contributed by atoms with Gasteiger partial charge in [0.2, 0.25) is 0 Å². The quantitative estimate of drug-likeness (QED) is 0.690. The van der Waals surface area contributed by atoms with E-state index in [9.17, 15) is 0 Å². The number of fused-ring (bicyclic) bond motifs is 2. The zero-order valence-electron chi connectivity index (χ0n) is 13.4. The summed E-state index contributed by atoms with van der Waals surface area (Å²) in [6.07, 6.45) is 3.98. The Morgan fingerprint density at radius 1 is 1.10 bits per heavy atom. The molecule has 1 aromatic rings. The second kappa shape index (κ2) is 3.88. The summed E-state index contributed by atoms with van der Waals surface area (Å²) in [7, 11) is 0. The SMILES string of the molecule is Cc1ccc2c(c1)C1(C)CCN3CCC(C)(C)C1C3C2. The van der Waals surface area contributed by atoms with Gasteiger partial charge in [-0.1, -0.05) is 44.5 Å². The van der Waals surface area contributed by atoms with E-state index in [1.54, 1.807) is 11.1 Å². The van der Waals surface area contributed by atoms with Crippen LogP contribution in [0.25, 0.3) is 0 Å². The van der Waals surface area contributed by atoms with Gasteiger partial charge in [-0.25, -0.2) is 0 Å². The van der Waals surface area contributed by atoms with Crippen LogP contribution in [0.2, 0.25) is 0 Å². The summed E-state index contributed by atoms with van der Waals surface area (Å²) in [4.78, 5) is 2.79. The molecule has 1 heteroatoms. The van der Waals surface area contributed by atoms with Crippen molar-refractivity contribution < 1.29 is 0 Å². The molecule has 0 spiro atoms. The Bertz CT molecular complexity index is 559. The van der Waals surface area contributed by atoms with Gasteiger partial charge >= 0.3 is 0 Å². The van der Waals surface area contributed by atoms with Crippen molar-refractivity contribution in [3.63, 3.8) is 0 Å². The summed E-state index contributed by atoms with van der Waals surface area (Å²) < 4.78 is 0. The van der Waals surface area contributed by atoms with E-state index in [0.717, 1.165) is 12.0 Å². The molecule has 0 aromatic heterocycles. The van der Waals surface area contributed by atoms with Gasteiger partial charge < -0.3 is 0 Å². The fraction of sp³-hybridized carbons (Fsp3) is 0.684. The van der Waals surface area contributed by atoms with E-state index in [0.29, 0.717) is 10.8 Å². The molecular formula is C19H27N. The van der Waals surface area contributed by atoms with Crippen molar-refractivity contribution in [2.24, 2.45) is 11.3 Å². The average Bonchev–Trinajstić information content (AvgIpc) is 2.37. The van der Waals surface area contributed by atoms with Crippen molar-refractivity contribution in [1.29, 1.82) is 0 Å². The second-order valence-corrected chi connectivity index (χ2v) is 8.35. The molecule has 0 radical (unpaired) electrons. The minimum atomic E-state index is 0.394. The molecule has 4 unspecified atom stereocenters. The van der Waals surface area contributed by atoms with Crippen LogP contribution in [-0.4, -0.2) is 24.0 Å². The first-order valence-corrected chi connectivity index (χ1v) is 8.26. The van der Waals surface area contributed by atoms with Crippen molar-refractivity contribution in [1.82, 2.24) is 4.90 Å². The van der Waals surface area contributed by atoms with Crippen molar-refractivity contribution in [2.75, 3.05) is 13.1 Å². The van der Waals surface area contributed by atoms with Gasteiger partial charge in [-0.15, -0.1) is 0 Å². The Labute approximate surface area is 123 Å². The Hall–Kier alpha value is -0.820. The fourth-order valence-corrected chi connectivity index (χ4v) is 5.76. The maximum atomic E-state index is 2.79. The standard InChI is InChI=1S/C19H27N/c1-13-5-6-14-12-16-17-18(2,3)7-9-20(16)10-8-19(17,4)15(14)11-13/h5-6,11,16-17H,7-10,12H2,1-4H3. The maximum Gasteiger partial charge on any atom is 0.0177 e. The smallest absolute Gasteiger partial charge is 0.0177 e. The molecule has 2 aliphatic heterocycles. The highest BCUT2D eigenvalue weighted by atomic mass is 15.2. The summed E-state index contributed by atoms with van der Waals surface area (Å²) in [5.74, 6) is 0.826. The van der Waals surface area contributed by atoms with Gasteiger partial charge in [0.25, 0.3) is 0 Å². The van der Waals surface area contributed by atoms with E-state index in [1.165, 1.54) is 37.9 Å². The lowest BCUT2D eigenvalue weighted by Gasteiger charge is -2.64. The summed E-state index contributed by atoms with van der Waals surface area (Å²) >= 11 is 0. The van der Waals surface area contributed by atoms with Crippen LogP contribution in [-0.2, 0) is 11.8 Å². The maximum absolute atomic E-state index is 2.79. The third kappa shape index (κ3) is 1.53. The van der Waals surface area contributed by atoms with E-state index >= 15 is 0 Å². The molecule has 2 fully saturated rings. The number of rotatable bonds is 0. The highest BCUT2D eigenvalue weighted by Gasteiger charge is 2.57. The minimum absolute atomic E-state index is 0.394. The summed E-state index contributed by atoms with van der Waals surface area (Å²) in [6.45, 7) is 12.5. The normalized spacial score (nSPS) is 41.1. The summed E-state index contributed by atoms with van der Waals surface area (Å²) in [5, 5.41) is 0. The van der Waals surface area contributed by atoms with Crippen molar-refractivity contribution >= 4 is 0 Å². The predicted octanol–water partition coefficient (Wildman–Crippen LogP) is 3.93. The van der Waals surface area contributed by atoms with Gasteiger partial charge in [-0.2, -0.15) is 0 Å². The first-order chi connectivity index (χ1) is 9.42. The molecule has 4 rings (SSSR count). The second-order valence-electron chi connectivity index (χ2n) is 8.35. The van der Waals surface area contributed by atoms with Gasteiger partial charge in [-0.3, -0.25) is 4.90 Å². The van der Waals surface area contributed by atoms with Crippen LogP contribution in [0.4, 0.5) is 0 Å². The van der Waals surface area contributed by atoms with Crippen LogP contribution < -0.4 is 0 Å². The molecule has 2 saturated heterocycles. The first kappa shape index (κ1) is 12.9. The van der Waals surface area contributed by atoms with Crippen LogP contribution in [0.3, 0.4) is 0 Å². The summed E-state index contributed by atoms with van der Waals surface area (Å²) in [6, 6.07) is 7.99. The first-order valence-electron chi connectivity index (χ1n) is 8.26. The number of nitrogens with zero attached hydrogens (tertiary/aromatic N) is 1. The minimum Gasteiger partial charge on any atom is -0.300 e. The lowest BCUT2D eigenvalue weighted by molar-refractivity contribution is -0.0872. The number of benzene rings is 1. The molecule has 4 bridgehead atoms. The zero-order chi connectivity index (χ0) is 14.1. The molecule has 1 aromatic carbocycles. The Morgan fingerprint density at radius 3 is 2.65 bits per heavy atom. The summed E-state index contributed by atoms with van der Waals surface area (Å²) in [5.41, 5.74) is 5.61. The van der Waals surface area contributed by atoms with Crippen LogP contribution >= 0.6 is 0 Å². The molecule has 1 aliphatic carbocycles. The number of hydrogen-bond acceptors (Lipinski definition) is 1. The van der Waals surface area contributed by atoms with Crippen LogP contribution in [0.15, 0.2) is 18.2 Å². The molecule has 0 saturated carbocycles. The van der Waals surface area contributed by atoms with Gasteiger partial charge in [-0.05, 0) is 67.2 Å². The number of piperidine rings is 2. The molecule has 20 heavy (non-hydrogen) atoms. The molecular weight excluding hydrogens is 242 g/mol. The van der Waals surface area contributed by atoms with Crippen LogP contribution in [0.5, 0.6) is 0 Å². The molecule has 4 atom stereocenters. The van der Waals surface area contributed by atoms with Gasteiger partial charge in [0.15, 0.2) is 0 Å². The van der Waals surface area contributed by atoms with Gasteiger partial charge in [0.1, 0.15) is 0 Å². The largest absolute Gasteiger partial charge is 0.300 e. The van der Waals surface area contributed by atoms with Crippen molar-refractivity contribution in [2.45, 2.75) is 58.4 Å². The van der Waals surface area contributed by atoms with E-state index < -0.39 is 0 Å². The Morgan fingerprint density at radius 2 is 1.85 bits per heavy atom. The van der Waals surface area contributed by atoms with E-state index in [1.807, 2.05) is 0 Å². The monoisotopic (exact) mass is 269 g/mol. The average molecular weight is 269 g/mol. The zero-order valence-corrected chi connectivity index (χ0v) is 13.4. The molecule has 1 nitrogen and oxygen atoms in total. The predicted molar refractivity (Wildman–Crippen MR) is 84.1 cm³/mol. The third-order valence-electron chi connectivity index (χ3n) is 6.65. The van der Waals surface area contributed by atoms with E-state index in [4.69, 9.17) is 0 Å². The van der Waals surface area contributed by atoms with Crippen LogP contribution in [0.1, 0.15) is 50.3 Å². The Kier molecular flexibility index (Phi) is 2.50.